The molecule has 3 aromatic heterocycles. The second-order valence-electron chi connectivity index (χ2n) is 7.88. The number of nitrogens with one attached hydrogen (secondary N) is 2. The molecule has 0 bridgehead atoms. The van der Waals surface area contributed by atoms with Crippen LogP contribution in [0, 0.1) is 11.8 Å². The van der Waals surface area contributed by atoms with Gasteiger partial charge >= 0.3 is 6.18 Å². The number of pyridine rings is 1. The van der Waals surface area contributed by atoms with Gasteiger partial charge in [-0.15, -0.1) is 0 Å². The van der Waals surface area contributed by atoms with E-state index in [2.05, 4.69) is 37.4 Å². The maximum absolute atomic E-state index is 12.9. The molecule has 4 N–H and O–H groups in total. The highest BCUT2D eigenvalue weighted by molar-refractivity contribution is 6.04. The van der Waals surface area contributed by atoms with Crippen molar-refractivity contribution in [2.45, 2.75) is 26.1 Å². The molecule has 0 aliphatic carbocycles. The number of hydrogen-bond acceptors (Lipinski definition) is 6. The molecule has 1 unspecified atom stereocenters. The highest BCUT2D eigenvalue weighted by atomic mass is 19.4. The van der Waals surface area contributed by atoms with Crippen molar-refractivity contribution < 1.29 is 22.8 Å². The monoisotopic (exact) mass is 507 g/mol. The third kappa shape index (κ3) is 5.35. The minimum atomic E-state index is -4.56. The fourth-order valence-electron chi connectivity index (χ4n) is 3.65. The van der Waals surface area contributed by atoms with Gasteiger partial charge in [0, 0.05) is 29.7 Å². The van der Waals surface area contributed by atoms with Crippen LogP contribution in [-0.4, -0.2) is 31.2 Å². The summed E-state index contributed by atoms with van der Waals surface area (Å²) in [6, 6.07) is 7.30. The molecular weight excluding hydrogens is 487 g/mol. The molecule has 0 aliphatic heterocycles. The third-order valence-corrected chi connectivity index (χ3v) is 5.33. The molecular formula is C25H20F3N7O2. The molecule has 188 valence electrons. The lowest BCUT2D eigenvalue weighted by molar-refractivity contribution is -0.137. The van der Waals surface area contributed by atoms with Gasteiger partial charge in [-0.3, -0.25) is 14.0 Å². The maximum atomic E-state index is 12.9. The van der Waals surface area contributed by atoms with Crippen LogP contribution in [-0.2, 0) is 11.0 Å². The van der Waals surface area contributed by atoms with Crippen LogP contribution < -0.4 is 16.4 Å². The first-order valence-electron chi connectivity index (χ1n) is 10.9. The molecule has 0 saturated carbocycles. The molecule has 3 heterocycles. The van der Waals surface area contributed by atoms with Crippen LogP contribution in [0.15, 0.2) is 55.0 Å². The number of fused-ring (bicyclic) bond motifs is 1. The third-order valence-electron chi connectivity index (χ3n) is 5.33. The van der Waals surface area contributed by atoms with Crippen molar-refractivity contribution in [1.29, 1.82) is 0 Å². The summed E-state index contributed by atoms with van der Waals surface area (Å²) in [5.74, 6) is 4.33. The summed E-state index contributed by atoms with van der Waals surface area (Å²) in [5, 5.41) is 5.11. The van der Waals surface area contributed by atoms with Gasteiger partial charge in [-0.25, -0.2) is 15.0 Å². The van der Waals surface area contributed by atoms with Gasteiger partial charge in [0.1, 0.15) is 28.7 Å². The second-order valence-corrected chi connectivity index (χ2v) is 7.88. The van der Waals surface area contributed by atoms with Crippen LogP contribution in [0.2, 0.25) is 0 Å². The summed E-state index contributed by atoms with van der Waals surface area (Å²) in [6.45, 7) is 3.30. The largest absolute Gasteiger partial charge is 0.416 e. The summed E-state index contributed by atoms with van der Waals surface area (Å²) < 4.78 is 40.5. The Labute approximate surface area is 209 Å². The number of halogens is 3. The number of aromatic nitrogens is 4. The number of carbonyl (C=O) groups excluding carboxylic acids is 2. The molecule has 37 heavy (non-hydrogen) atoms. The fraction of sp³-hybridized carbons (Fsp3) is 0.160. The van der Waals surface area contributed by atoms with Gasteiger partial charge in [-0.1, -0.05) is 18.1 Å². The van der Waals surface area contributed by atoms with Gasteiger partial charge in [0.15, 0.2) is 0 Å². The number of nitrogens with two attached hydrogens (primary N) is 1. The first kappa shape index (κ1) is 25.2. The normalized spacial score (nSPS) is 11.9. The van der Waals surface area contributed by atoms with Gasteiger partial charge in [0.2, 0.25) is 0 Å². The molecule has 4 aromatic rings. The van der Waals surface area contributed by atoms with E-state index in [-0.39, 0.29) is 17.2 Å². The van der Waals surface area contributed by atoms with E-state index in [1.165, 1.54) is 18.3 Å². The molecule has 0 saturated heterocycles. The molecule has 12 heteroatoms. The zero-order valence-corrected chi connectivity index (χ0v) is 19.6. The number of carbonyl (C=O) groups is 2. The van der Waals surface area contributed by atoms with Gasteiger partial charge in [-0.2, -0.15) is 13.2 Å². The molecule has 0 radical (unpaired) electrons. The number of rotatable bonds is 5. The number of anilines is 2. The van der Waals surface area contributed by atoms with Crippen molar-refractivity contribution in [1.82, 2.24) is 24.7 Å². The summed E-state index contributed by atoms with van der Waals surface area (Å²) in [5.41, 5.74) is 6.97. The van der Waals surface area contributed by atoms with Crippen LogP contribution in [0.5, 0.6) is 0 Å². The lowest BCUT2D eigenvalue weighted by Gasteiger charge is -2.10. The average molecular weight is 507 g/mol. The molecule has 0 aliphatic rings. The molecule has 0 fully saturated rings. The minimum Gasteiger partial charge on any atom is -0.382 e. The Balaban J connectivity index is 1.63. The lowest BCUT2D eigenvalue weighted by Crippen LogP contribution is -2.26. The number of amides is 2. The standard InChI is InChI=1S/C25H20F3N7O2/c1-3-4-19(36)32-14(2)23-34-20(21-22(29)31-11-12-35(21)23)15-5-7-16(8-6-15)24(37)33-18-13-17(9-10-30-18)25(26,27)28/h5-14H,1-2H3,(H2,29,31)(H,32,36)(H,30,33,37). The molecule has 9 nitrogen and oxygen atoms in total. The molecule has 1 aromatic carbocycles. The van der Waals surface area contributed by atoms with E-state index in [4.69, 9.17) is 5.73 Å². The summed E-state index contributed by atoms with van der Waals surface area (Å²) in [4.78, 5) is 37.1. The smallest absolute Gasteiger partial charge is 0.382 e. The Morgan fingerprint density at radius 1 is 1.11 bits per heavy atom. The highest BCUT2D eigenvalue weighted by Gasteiger charge is 2.31. The van der Waals surface area contributed by atoms with Gasteiger partial charge in [0.05, 0.1) is 11.6 Å². The van der Waals surface area contributed by atoms with Crippen LogP contribution in [0.3, 0.4) is 0 Å². The van der Waals surface area contributed by atoms with E-state index in [0.717, 1.165) is 18.3 Å². The fourth-order valence-corrected chi connectivity index (χ4v) is 3.65. The first-order chi connectivity index (χ1) is 17.6. The predicted octanol–water partition coefficient (Wildman–Crippen LogP) is 3.85. The zero-order valence-electron chi connectivity index (χ0n) is 19.6. The first-order valence-corrected chi connectivity index (χ1v) is 10.9. The number of alkyl halides is 3. The summed E-state index contributed by atoms with van der Waals surface area (Å²) in [6.07, 6.45) is -0.418. The second kappa shape index (κ2) is 9.98. The van der Waals surface area contributed by atoms with E-state index in [1.54, 1.807) is 36.6 Å². The Morgan fingerprint density at radius 3 is 2.51 bits per heavy atom. The number of nitrogens with zero attached hydrogens (tertiary/aromatic N) is 4. The van der Waals surface area contributed by atoms with Crippen LogP contribution >= 0.6 is 0 Å². The van der Waals surface area contributed by atoms with E-state index in [9.17, 15) is 22.8 Å². The van der Waals surface area contributed by atoms with Crippen molar-refractivity contribution in [2.75, 3.05) is 11.1 Å². The van der Waals surface area contributed by atoms with E-state index < -0.39 is 29.6 Å². The zero-order chi connectivity index (χ0) is 26.7. The van der Waals surface area contributed by atoms with Crippen molar-refractivity contribution in [3.05, 3.63) is 71.9 Å². The van der Waals surface area contributed by atoms with Gasteiger partial charge in [0.25, 0.3) is 11.8 Å². The molecule has 0 spiro atoms. The molecule has 1 atom stereocenters. The molecule has 4 rings (SSSR count). The van der Waals surface area contributed by atoms with Crippen LogP contribution in [0.1, 0.15) is 41.6 Å². The van der Waals surface area contributed by atoms with Crippen molar-refractivity contribution in [3.8, 4) is 23.1 Å². The van der Waals surface area contributed by atoms with E-state index >= 15 is 0 Å². The van der Waals surface area contributed by atoms with Crippen LogP contribution in [0.25, 0.3) is 16.8 Å². The number of hydrogen-bond donors (Lipinski definition) is 3. The van der Waals surface area contributed by atoms with E-state index in [1.807, 2.05) is 0 Å². The van der Waals surface area contributed by atoms with E-state index in [0.29, 0.717) is 22.6 Å². The van der Waals surface area contributed by atoms with Crippen molar-refractivity contribution in [2.24, 2.45) is 0 Å². The molecule has 2 amide bonds. The quantitative estimate of drug-likeness (QED) is 0.352. The Hall–Kier alpha value is -4.92. The Kier molecular flexibility index (Phi) is 6.79. The topological polar surface area (TPSA) is 127 Å². The maximum Gasteiger partial charge on any atom is 0.416 e. The Morgan fingerprint density at radius 2 is 1.84 bits per heavy atom. The average Bonchev–Trinajstić information content (AvgIpc) is 3.25. The van der Waals surface area contributed by atoms with Crippen molar-refractivity contribution >= 4 is 29.0 Å². The minimum absolute atomic E-state index is 0.191. The number of imidazole rings is 1. The lowest BCUT2D eigenvalue weighted by atomic mass is 10.1. The van der Waals surface area contributed by atoms with Gasteiger partial charge < -0.3 is 16.4 Å². The predicted molar refractivity (Wildman–Crippen MR) is 130 cm³/mol. The highest BCUT2D eigenvalue weighted by Crippen LogP contribution is 2.31. The Bertz CT molecular complexity index is 1550. The van der Waals surface area contributed by atoms with Gasteiger partial charge in [-0.05, 0) is 44.0 Å². The SMILES string of the molecule is CC#CC(=O)NC(C)c1nc(-c2ccc(C(=O)Nc3cc(C(F)(F)F)ccn3)cc2)c2c(N)nccn12. The number of nitrogen functional groups attached to an aromatic ring is 1. The summed E-state index contributed by atoms with van der Waals surface area (Å²) in [7, 11) is 0. The summed E-state index contributed by atoms with van der Waals surface area (Å²) >= 11 is 0. The van der Waals surface area contributed by atoms with Crippen LogP contribution in [0.4, 0.5) is 24.8 Å². The number of benzene rings is 1. The van der Waals surface area contributed by atoms with Crippen molar-refractivity contribution in [3.63, 3.8) is 0 Å².